The Kier molecular flexibility index (Phi) is 6.37. The van der Waals surface area contributed by atoms with Crippen molar-refractivity contribution in [2.24, 2.45) is 0 Å². The Hall–Kier alpha value is -2.41. The Morgan fingerprint density at radius 2 is 1.85 bits per heavy atom. The summed E-state index contributed by atoms with van der Waals surface area (Å²) in [7, 11) is 0. The van der Waals surface area contributed by atoms with Crippen LogP contribution >= 0.6 is 15.9 Å². The standard InChI is InChI=1S/C19H20BrFN2O3/c1-19(2,3)26-18(25)22-14-7-8-15(21)16(11-14)23-17(24)10-12-5-4-6-13(20)9-12/h4-9,11H,10H2,1-3H3,(H,22,25)(H,23,24). The van der Waals surface area contributed by atoms with Crippen LogP contribution in [0.5, 0.6) is 0 Å². The molecule has 0 atom stereocenters. The van der Waals surface area contributed by atoms with Gasteiger partial charge in [-0.15, -0.1) is 0 Å². The Bertz CT molecular complexity index is 819. The lowest BCUT2D eigenvalue weighted by molar-refractivity contribution is -0.115. The van der Waals surface area contributed by atoms with E-state index in [0.29, 0.717) is 5.69 Å². The van der Waals surface area contributed by atoms with E-state index in [0.717, 1.165) is 10.0 Å². The van der Waals surface area contributed by atoms with Gasteiger partial charge in [0.1, 0.15) is 11.4 Å². The summed E-state index contributed by atoms with van der Waals surface area (Å²) < 4.78 is 20.0. The van der Waals surface area contributed by atoms with E-state index in [9.17, 15) is 14.0 Å². The average molecular weight is 423 g/mol. The maximum atomic E-state index is 14.0. The van der Waals surface area contributed by atoms with Crippen molar-refractivity contribution >= 4 is 39.3 Å². The van der Waals surface area contributed by atoms with Crippen molar-refractivity contribution in [2.45, 2.75) is 32.8 Å². The molecule has 7 heteroatoms. The molecule has 0 heterocycles. The van der Waals surface area contributed by atoms with Crippen molar-refractivity contribution in [1.82, 2.24) is 0 Å². The monoisotopic (exact) mass is 422 g/mol. The molecule has 0 aromatic heterocycles. The predicted molar refractivity (Wildman–Crippen MR) is 103 cm³/mol. The Morgan fingerprint density at radius 3 is 2.50 bits per heavy atom. The number of anilines is 2. The lowest BCUT2D eigenvalue weighted by Gasteiger charge is -2.19. The Balaban J connectivity index is 2.04. The van der Waals surface area contributed by atoms with E-state index in [-0.39, 0.29) is 18.0 Å². The third-order valence-corrected chi connectivity index (χ3v) is 3.63. The van der Waals surface area contributed by atoms with Gasteiger partial charge < -0.3 is 10.1 Å². The summed E-state index contributed by atoms with van der Waals surface area (Å²) >= 11 is 3.34. The molecule has 2 N–H and O–H groups in total. The first-order valence-electron chi connectivity index (χ1n) is 7.96. The molecule has 0 aliphatic rings. The number of hydrogen-bond acceptors (Lipinski definition) is 3. The van der Waals surface area contributed by atoms with Gasteiger partial charge in [0, 0.05) is 10.2 Å². The predicted octanol–water partition coefficient (Wildman–Crippen LogP) is 5.12. The minimum Gasteiger partial charge on any atom is -0.444 e. The smallest absolute Gasteiger partial charge is 0.412 e. The van der Waals surface area contributed by atoms with E-state index in [2.05, 4.69) is 26.6 Å². The molecule has 0 radical (unpaired) electrons. The van der Waals surface area contributed by atoms with Gasteiger partial charge >= 0.3 is 6.09 Å². The summed E-state index contributed by atoms with van der Waals surface area (Å²) in [5.41, 5.74) is 0.447. The van der Waals surface area contributed by atoms with Crippen molar-refractivity contribution in [3.05, 3.63) is 58.3 Å². The third-order valence-electron chi connectivity index (χ3n) is 3.14. The summed E-state index contributed by atoms with van der Waals surface area (Å²) in [6.45, 7) is 5.22. The quantitative estimate of drug-likeness (QED) is 0.718. The summed E-state index contributed by atoms with van der Waals surface area (Å²) in [5.74, 6) is -0.959. The third kappa shape index (κ3) is 6.48. The number of amides is 2. The van der Waals surface area contributed by atoms with Crippen molar-refractivity contribution in [2.75, 3.05) is 10.6 Å². The molecule has 0 fully saturated rings. The number of carbonyl (C=O) groups excluding carboxylic acids is 2. The van der Waals surface area contributed by atoms with Crippen LogP contribution in [-0.2, 0) is 16.0 Å². The van der Waals surface area contributed by atoms with Crippen molar-refractivity contribution in [3.8, 4) is 0 Å². The Labute approximate surface area is 160 Å². The average Bonchev–Trinajstić information content (AvgIpc) is 2.48. The molecule has 26 heavy (non-hydrogen) atoms. The van der Waals surface area contributed by atoms with Gasteiger partial charge in [0.15, 0.2) is 0 Å². The Morgan fingerprint density at radius 1 is 1.12 bits per heavy atom. The van der Waals surface area contributed by atoms with Crippen molar-refractivity contribution in [1.29, 1.82) is 0 Å². The lowest BCUT2D eigenvalue weighted by Crippen LogP contribution is -2.27. The minimum absolute atomic E-state index is 0.0152. The van der Waals surface area contributed by atoms with E-state index in [1.807, 2.05) is 18.2 Å². The van der Waals surface area contributed by atoms with Gasteiger partial charge in [0.2, 0.25) is 5.91 Å². The zero-order valence-electron chi connectivity index (χ0n) is 14.7. The number of carbonyl (C=O) groups is 2. The molecule has 0 spiro atoms. The highest BCUT2D eigenvalue weighted by molar-refractivity contribution is 9.10. The molecule has 0 saturated heterocycles. The molecule has 0 bridgehead atoms. The first-order valence-corrected chi connectivity index (χ1v) is 8.75. The van der Waals surface area contributed by atoms with Crippen LogP contribution in [0.25, 0.3) is 0 Å². The highest BCUT2D eigenvalue weighted by Gasteiger charge is 2.17. The van der Waals surface area contributed by atoms with Gasteiger partial charge in [0.25, 0.3) is 0 Å². The second-order valence-corrected chi connectivity index (χ2v) is 7.59. The minimum atomic E-state index is -0.657. The second-order valence-electron chi connectivity index (χ2n) is 6.68. The molecule has 0 aliphatic carbocycles. The van der Waals surface area contributed by atoms with Crippen LogP contribution < -0.4 is 10.6 Å². The number of benzene rings is 2. The number of nitrogens with one attached hydrogen (secondary N) is 2. The summed E-state index contributed by atoms with van der Waals surface area (Å²) in [6.07, 6.45) is -0.557. The van der Waals surface area contributed by atoms with Crippen LogP contribution in [0.2, 0.25) is 0 Å². The van der Waals surface area contributed by atoms with Crippen LogP contribution in [0, 0.1) is 5.82 Å². The highest BCUT2D eigenvalue weighted by Crippen LogP contribution is 2.21. The normalized spacial score (nSPS) is 11.0. The van der Waals surface area contributed by atoms with E-state index in [4.69, 9.17) is 4.74 Å². The lowest BCUT2D eigenvalue weighted by atomic mass is 10.1. The number of rotatable bonds is 4. The van der Waals surface area contributed by atoms with Gasteiger partial charge in [-0.3, -0.25) is 10.1 Å². The van der Waals surface area contributed by atoms with Gasteiger partial charge in [0.05, 0.1) is 12.1 Å². The van der Waals surface area contributed by atoms with Gasteiger partial charge in [-0.05, 0) is 56.7 Å². The molecule has 0 unspecified atom stereocenters. The van der Waals surface area contributed by atoms with E-state index < -0.39 is 17.5 Å². The fourth-order valence-electron chi connectivity index (χ4n) is 2.15. The van der Waals surface area contributed by atoms with Gasteiger partial charge in [-0.25, -0.2) is 9.18 Å². The fourth-order valence-corrected chi connectivity index (χ4v) is 2.59. The number of halogens is 2. The van der Waals surface area contributed by atoms with Crippen molar-refractivity contribution < 1.29 is 18.7 Å². The fraction of sp³-hybridized carbons (Fsp3) is 0.263. The SMILES string of the molecule is CC(C)(C)OC(=O)Nc1ccc(F)c(NC(=O)Cc2cccc(Br)c2)c1. The molecule has 138 valence electrons. The van der Waals surface area contributed by atoms with E-state index in [1.165, 1.54) is 18.2 Å². The molecule has 0 aliphatic heterocycles. The summed E-state index contributed by atoms with van der Waals surface area (Å²) in [6, 6.07) is 11.2. The number of hydrogen-bond donors (Lipinski definition) is 2. The van der Waals surface area contributed by atoms with Crippen LogP contribution in [0.4, 0.5) is 20.6 Å². The topological polar surface area (TPSA) is 67.4 Å². The molecule has 2 aromatic carbocycles. The highest BCUT2D eigenvalue weighted by atomic mass is 79.9. The largest absolute Gasteiger partial charge is 0.444 e. The van der Waals surface area contributed by atoms with Gasteiger partial charge in [-0.2, -0.15) is 0 Å². The first kappa shape index (κ1) is 19.9. The molecular weight excluding hydrogens is 403 g/mol. The summed E-state index contributed by atoms with van der Waals surface area (Å²) in [5, 5.41) is 5.03. The second kappa shape index (κ2) is 8.31. The zero-order valence-corrected chi connectivity index (χ0v) is 16.3. The summed E-state index contributed by atoms with van der Waals surface area (Å²) in [4.78, 5) is 24.0. The van der Waals surface area contributed by atoms with E-state index in [1.54, 1.807) is 26.8 Å². The maximum Gasteiger partial charge on any atom is 0.412 e. The molecule has 5 nitrogen and oxygen atoms in total. The molecule has 2 rings (SSSR count). The zero-order chi connectivity index (χ0) is 19.3. The number of ether oxygens (including phenoxy) is 1. The van der Waals surface area contributed by atoms with Crippen LogP contribution in [0.3, 0.4) is 0 Å². The van der Waals surface area contributed by atoms with Crippen LogP contribution in [0.15, 0.2) is 46.9 Å². The van der Waals surface area contributed by atoms with Crippen LogP contribution in [0.1, 0.15) is 26.3 Å². The van der Waals surface area contributed by atoms with Crippen molar-refractivity contribution in [3.63, 3.8) is 0 Å². The van der Waals surface area contributed by atoms with E-state index >= 15 is 0 Å². The van der Waals surface area contributed by atoms with Crippen LogP contribution in [-0.4, -0.2) is 17.6 Å². The molecule has 2 amide bonds. The molecular formula is C19H20BrFN2O3. The molecule has 2 aromatic rings. The van der Waals surface area contributed by atoms with Gasteiger partial charge in [-0.1, -0.05) is 28.1 Å². The molecule has 0 saturated carbocycles. The maximum absolute atomic E-state index is 14.0. The first-order chi connectivity index (χ1) is 12.1.